The molecule has 1 atom stereocenters. The lowest BCUT2D eigenvalue weighted by Crippen LogP contribution is -2.60. The van der Waals surface area contributed by atoms with E-state index in [4.69, 9.17) is 0 Å². The van der Waals surface area contributed by atoms with Crippen LogP contribution in [0.3, 0.4) is 0 Å². The number of amides is 2. The number of hydrogen-bond acceptors (Lipinski definition) is 2. The first-order valence-corrected chi connectivity index (χ1v) is 8.32. The van der Waals surface area contributed by atoms with Crippen molar-refractivity contribution in [1.82, 2.24) is 10.2 Å². The third-order valence-electron chi connectivity index (χ3n) is 5.09. The molecule has 3 rings (SSSR count). The van der Waals surface area contributed by atoms with Crippen LogP contribution in [0.15, 0.2) is 0 Å². The molecular weight excluding hydrogens is 252 g/mol. The quantitative estimate of drug-likeness (QED) is 0.837. The predicted molar refractivity (Wildman–Crippen MR) is 77.0 cm³/mol. The van der Waals surface area contributed by atoms with Gasteiger partial charge in [-0.2, -0.15) is 0 Å². The van der Waals surface area contributed by atoms with Crippen molar-refractivity contribution in [2.24, 2.45) is 11.8 Å². The van der Waals surface area contributed by atoms with Gasteiger partial charge in [0.25, 0.3) is 0 Å². The maximum Gasteiger partial charge on any atom is 0.245 e. The molecule has 3 aliphatic rings. The number of hydrogen-bond donors (Lipinski definition) is 1. The Morgan fingerprint density at radius 2 is 1.80 bits per heavy atom. The molecule has 0 bridgehead atoms. The van der Waals surface area contributed by atoms with Crippen molar-refractivity contribution in [3.8, 4) is 0 Å². The summed E-state index contributed by atoms with van der Waals surface area (Å²) >= 11 is 0. The summed E-state index contributed by atoms with van der Waals surface area (Å²) in [5.74, 6) is 1.48. The first kappa shape index (κ1) is 13.9. The van der Waals surface area contributed by atoms with Crippen molar-refractivity contribution >= 4 is 11.8 Å². The minimum atomic E-state index is -0.238. The second kappa shape index (κ2) is 6.15. The molecule has 1 N–H and O–H groups in total. The van der Waals surface area contributed by atoms with Gasteiger partial charge < -0.3 is 10.2 Å². The topological polar surface area (TPSA) is 49.4 Å². The zero-order valence-electron chi connectivity index (χ0n) is 12.3. The monoisotopic (exact) mass is 278 g/mol. The molecule has 0 spiro atoms. The van der Waals surface area contributed by atoms with Gasteiger partial charge >= 0.3 is 0 Å². The van der Waals surface area contributed by atoms with Gasteiger partial charge in [-0.05, 0) is 37.5 Å². The Balaban J connectivity index is 1.55. The molecule has 0 aromatic heterocycles. The Labute approximate surface area is 121 Å². The summed E-state index contributed by atoms with van der Waals surface area (Å²) in [6, 6.07) is -0.238. The van der Waals surface area contributed by atoms with E-state index in [0.717, 1.165) is 31.7 Å². The Morgan fingerprint density at radius 1 is 1.05 bits per heavy atom. The zero-order chi connectivity index (χ0) is 13.9. The molecule has 4 nitrogen and oxygen atoms in total. The fraction of sp³-hybridized carbons (Fsp3) is 0.875. The van der Waals surface area contributed by atoms with Gasteiger partial charge in [0.15, 0.2) is 0 Å². The van der Waals surface area contributed by atoms with E-state index in [1.807, 2.05) is 0 Å². The molecule has 0 aromatic rings. The summed E-state index contributed by atoms with van der Waals surface area (Å²) in [6.45, 7) is 1.04. The van der Waals surface area contributed by atoms with Crippen LogP contribution in [0.4, 0.5) is 0 Å². The highest BCUT2D eigenvalue weighted by Gasteiger charge is 2.37. The third kappa shape index (κ3) is 3.33. The van der Waals surface area contributed by atoms with E-state index in [-0.39, 0.29) is 24.4 Å². The van der Waals surface area contributed by atoms with Gasteiger partial charge in [0.2, 0.25) is 11.8 Å². The first-order chi connectivity index (χ1) is 9.74. The highest BCUT2D eigenvalue weighted by atomic mass is 16.2. The molecule has 0 aromatic carbocycles. The number of nitrogens with zero attached hydrogens (tertiary/aromatic N) is 1. The standard InChI is InChI=1S/C16H26N2O2/c19-14-11-18(10-4-5-12-8-9-12)16(20)15(17-14)13-6-2-1-3-7-13/h12-13,15H,1-11H2,(H,17,19). The van der Waals surface area contributed by atoms with Gasteiger partial charge in [0, 0.05) is 6.54 Å². The Hall–Kier alpha value is -1.06. The first-order valence-electron chi connectivity index (χ1n) is 8.32. The maximum absolute atomic E-state index is 12.6. The van der Waals surface area contributed by atoms with Crippen LogP contribution in [0.2, 0.25) is 0 Å². The smallest absolute Gasteiger partial charge is 0.245 e. The lowest BCUT2D eigenvalue weighted by Gasteiger charge is -2.37. The lowest BCUT2D eigenvalue weighted by molar-refractivity contribution is -0.146. The summed E-state index contributed by atoms with van der Waals surface area (Å²) in [5, 5.41) is 2.95. The fourth-order valence-corrected chi connectivity index (χ4v) is 3.68. The van der Waals surface area contributed by atoms with Crippen LogP contribution in [0.5, 0.6) is 0 Å². The SMILES string of the molecule is O=C1CN(CCCC2CC2)C(=O)C(C2CCCCC2)N1. The summed E-state index contributed by atoms with van der Waals surface area (Å²) in [6.07, 6.45) is 10.9. The molecule has 3 fully saturated rings. The van der Waals surface area contributed by atoms with E-state index in [2.05, 4.69) is 5.32 Å². The van der Waals surface area contributed by atoms with Crippen LogP contribution >= 0.6 is 0 Å². The van der Waals surface area contributed by atoms with E-state index in [0.29, 0.717) is 5.92 Å². The second-order valence-corrected chi connectivity index (χ2v) is 6.79. The van der Waals surface area contributed by atoms with Gasteiger partial charge in [-0.3, -0.25) is 9.59 Å². The van der Waals surface area contributed by atoms with Gasteiger partial charge in [-0.1, -0.05) is 32.1 Å². The predicted octanol–water partition coefficient (Wildman–Crippen LogP) is 2.08. The molecule has 1 saturated heterocycles. The maximum atomic E-state index is 12.6. The Morgan fingerprint density at radius 3 is 2.50 bits per heavy atom. The van der Waals surface area contributed by atoms with Crippen molar-refractivity contribution in [1.29, 1.82) is 0 Å². The molecule has 4 heteroatoms. The van der Waals surface area contributed by atoms with Crippen molar-refractivity contribution < 1.29 is 9.59 Å². The average Bonchev–Trinajstić information content (AvgIpc) is 3.27. The number of carbonyl (C=O) groups excluding carboxylic acids is 2. The number of piperazine rings is 1. The molecule has 1 unspecified atom stereocenters. The van der Waals surface area contributed by atoms with Crippen LogP contribution in [0, 0.1) is 11.8 Å². The van der Waals surface area contributed by atoms with Gasteiger partial charge in [-0.25, -0.2) is 0 Å². The van der Waals surface area contributed by atoms with Crippen molar-refractivity contribution in [2.75, 3.05) is 13.1 Å². The van der Waals surface area contributed by atoms with Gasteiger partial charge in [0.05, 0.1) is 6.54 Å². The van der Waals surface area contributed by atoms with E-state index in [1.165, 1.54) is 38.5 Å². The van der Waals surface area contributed by atoms with Crippen LogP contribution < -0.4 is 5.32 Å². The molecule has 2 saturated carbocycles. The number of nitrogens with one attached hydrogen (secondary N) is 1. The molecule has 1 aliphatic heterocycles. The fourth-order valence-electron chi connectivity index (χ4n) is 3.68. The highest BCUT2D eigenvalue weighted by molar-refractivity contribution is 5.95. The molecule has 20 heavy (non-hydrogen) atoms. The van der Waals surface area contributed by atoms with E-state index < -0.39 is 0 Å². The van der Waals surface area contributed by atoms with Crippen LogP contribution in [-0.4, -0.2) is 35.8 Å². The molecule has 2 aliphatic carbocycles. The third-order valence-corrected chi connectivity index (χ3v) is 5.09. The van der Waals surface area contributed by atoms with E-state index in [1.54, 1.807) is 4.90 Å². The molecule has 0 radical (unpaired) electrons. The molecule has 1 heterocycles. The number of carbonyl (C=O) groups is 2. The lowest BCUT2D eigenvalue weighted by atomic mass is 9.82. The minimum absolute atomic E-state index is 0.0339. The summed E-state index contributed by atoms with van der Waals surface area (Å²) in [5.41, 5.74) is 0. The molecule has 2 amide bonds. The summed E-state index contributed by atoms with van der Waals surface area (Å²) in [4.78, 5) is 26.3. The molecular formula is C16H26N2O2. The summed E-state index contributed by atoms with van der Waals surface area (Å²) in [7, 11) is 0. The molecule has 112 valence electrons. The zero-order valence-corrected chi connectivity index (χ0v) is 12.3. The van der Waals surface area contributed by atoms with E-state index >= 15 is 0 Å². The summed E-state index contributed by atoms with van der Waals surface area (Å²) < 4.78 is 0. The second-order valence-electron chi connectivity index (χ2n) is 6.79. The highest BCUT2D eigenvalue weighted by Crippen LogP contribution is 2.33. The number of rotatable bonds is 5. The van der Waals surface area contributed by atoms with Crippen LogP contribution in [0.25, 0.3) is 0 Å². The van der Waals surface area contributed by atoms with Crippen molar-refractivity contribution in [3.05, 3.63) is 0 Å². The largest absolute Gasteiger partial charge is 0.342 e. The van der Waals surface area contributed by atoms with Crippen molar-refractivity contribution in [2.45, 2.75) is 63.8 Å². The van der Waals surface area contributed by atoms with E-state index in [9.17, 15) is 9.59 Å². The van der Waals surface area contributed by atoms with Crippen LogP contribution in [-0.2, 0) is 9.59 Å². The van der Waals surface area contributed by atoms with Gasteiger partial charge in [0.1, 0.15) is 6.04 Å². The average molecular weight is 278 g/mol. The Kier molecular flexibility index (Phi) is 4.27. The normalized spacial score (nSPS) is 28.6. The van der Waals surface area contributed by atoms with Gasteiger partial charge in [-0.15, -0.1) is 0 Å². The Bertz CT molecular complexity index is 373. The minimum Gasteiger partial charge on any atom is -0.342 e. The van der Waals surface area contributed by atoms with Crippen LogP contribution in [0.1, 0.15) is 57.8 Å². The van der Waals surface area contributed by atoms with Crippen molar-refractivity contribution in [3.63, 3.8) is 0 Å².